The van der Waals surface area contributed by atoms with Crippen molar-refractivity contribution in [2.45, 2.75) is 82.2 Å². The molecule has 0 spiro atoms. The number of rotatable bonds is 13. The molecule has 354 valence electrons. The van der Waals surface area contributed by atoms with Crippen molar-refractivity contribution in [3.8, 4) is 12.1 Å². The monoisotopic (exact) mass is 960 g/mol. The van der Waals surface area contributed by atoms with Crippen molar-refractivity contribution in [2.75, 3.05) is 28.6 Å². The van der Waals surface area contributed by atoms with Crippen LogP contribution in [-0.4, -0.2) is 76.3 Å². The van der Waals surface area contributed by atoms with Crippen LogP contribution in [-0.2, 0) is 46.2 Å². The van der Waals surface area contributed by atoms with E-state index >= 15 is 0 Å². The van der Waals surface area contributed by atoms with E-state index in [4.69, 9.17) is 0 Å². The molecular formula is C53H56N10O4S2. The zero-order valence-corrected chi connectivity index (χ0v) is 40.6. The lowest BCUT2D eigenvalue weighted by molar-refractivity contribution is 0.288. The second kappa shape index (κ2) is 21.5. The van der Waals surface area contributed by atoms with Crippen LogP contribution in [0, 0.1) is 22.7 Å². The number of sulfonamides is 2. The average molecular weight is 961 g/mol. The summed E-state index contributed by atoms with van der Waals surface area (Å²) in [5.74, 6) is -0.0159. The topological polar surface area (TPSA) is 186 Å². The van der Waals surface area contributed by atoms with Gasteiger partial charge in [0.15, 0.2) is 0 Å². The highest BCUT2D eigenvalue weighted by atomic mass is 32.2. The second-order valence-electron chi connectivity index (χ2n) is 17.6. The molecule has 2 N–H and O–H groups in total. The van der Waals surface area contributed by atoms with Crippen molar-refractivity contribution in [3.63, 3.8) is 0 Å². The van der Waals surface area contributed by atoms with Crippen molar-refractivity contribution in [1.82, 2.24) is 28.5 Å². The van der Waals surface area contributed by atoms with Gasteiger partial charge in [-0.15, -0.1) is 0 Å². The molecule has 0 aliphatic carbocycles. The van der Waals surface area contributed by atoms with Gasteiger partial charge in [0.05, 0.1) is 71.0 Å². The number of nitriles is 2. The predicted octanol–water partition coefficient (Wildman–Crippen LogP) is 8.68. The Hall–Kier alpha value is -7.08. The summed E-state index contributed by atoms with van der Waals surface area (Å²) in [5.41, 5.74) is 8.41. The zero-order valence-electron chi connectivity index (χ0n) is 38.9. The van der Waals surface area contributed by atoms with Crippen LogP contribution >= 0.6 is 0 Å². The maximum Gasteiger partial charge on any atom is 0.243 e. The van der Waals surface area contributed by atoms with Gasteiger partial charge in [-0.2, -0.15) is 19.1 Å². The van der Waals surface area contributed by atoms with Gasteiger partial charge in [0, 0.05) is 62.0 Å². The molecule has 14 nitrogen and oxygen atoms in total. The Morgan fingerprint density at radius 1 is 0.623 bits per heavy atom. The number of benzene rings is 5. The molecule has 2 aliphatic rings. The van der Waals surface area contributed by atoms with Crippen molar-refractivity contribution in [2.24, 2.45) is 0 Å². The van der Waals surface area contributed by atoms with Crippen LogP contribution < -0.4 is 9.80 Å². The SMILES string of the molecule is CCCS(=O)(=O)N1Cc2cc(C#N)ccc2N(Cc2c[nH]cn2)C[C@@H]1[C@H](C)c1ccccc1.C[C@H](c1ccccc1)[C@H]1CN(Cc2c[nH]cn2)c2ccc(C#N)cc2CN1S(=O)(=O)c1ccccc1. The molecule has 5 aromatic carbocycles. The lowest BCUT2D eigenvalue weighted by Gasteiger charge is -2.36. The number of fused-ring (bicyclic) bond motifs is 2. The number of H-pyrrole nitrogens is 2. The number of aromatic amines is 2. The number of nitrogens with one attached hydrogen (secondary N) is 2. The zero-order chi connectivity index (χ0) is 48.5. The summed E-state index contributed by atoms with van der Waals surface area (Å²) in [7, 11) is -7.34. The van der Waals surface area contributed by atoms with E-state index in [1.54, 1.807) is 63.7 Å². The number of nitrogens with zero attached hydrogens (tertiary/aromatic N) is 8. The third-order valence-electron chi connectivity index (χ3n) is 13.1. The minimum Gasteiger partial charge on any atom is -0.364 e. The van der Waals surface area contributed by atoms with Gasteiger partial charge in [0.1, 0.15) is 0 Å². The van der Waals surface area contributed by atoms with E-state index in [1.165, 1.54) is 0 Å². The number of hydrogen-bond donors (Lipinski definition) is 2. The fraction of sp³-hybridized carbons (Fsp3) is 0.283. The first-order chi connectivity index (χ1) is 33.4. The lowest BCUT2D eigenvalue weighted by Crippen LogP contribution is -2.47. The van der Waals surface area contributed by atoms with Gasteiger partial charge < -0.3 is 19.8 Å². The average Bonchev–Trinajstić information content (AvgIpc) is 4.04. The molecule has 0 saturated heterocycles. The first kappa shape index (κ1) is 48.4. The number of hydrogen-bond acceptors (Lipinski definition) is 10. The van der Waals surface area contributed by atoms with Crippen LogP contribution in [0.25, 0.3) is 0 Å². The van der Waals surface area contributed by atoms with Crippen molar-refractivity contribution in [1.29, 1.82) is 10.5 Å². The maximum absolute atomic E-state index is 14.1. The number of imidazole rings is 2. The van der Waals surface area contributed by atoms with Crippen LogP contribution in [0.4, 0.5) is 11.4 Å². The highest BCUT2D eigenvalue weighted by Crippen LogP contribution is 2.38. The first-order valence-corrected chi connectivity index (χ1v) is 26.1. The van der Waals surface area contributed by atoms with Crippen molar-refractivity contribution >= 4 is 31.4 Å². The van der Waals surface area contributed by atoms with E-state index in [-0.39, 0.29) is 47.7 Å². The Labute approximate surface area is 405 Å². The summed E-state index contributed by atoms with van der Waals surface area (Å²) in [4.78, 5) is 19.4. The summed E-state index contributed by atoms with van der Waals surface area (Å²) in [6.45, 7) is 8.51. The summed E-state index contributed by atoms with van der Waals surface area (Å²) < 4.78 is 58.5. The number of aromatic nitrogens is 4. The Morgan fingerprint density at radius 2 is 1.06 bits per heavy atom. The van der Waals surface area contributed by atoms with Crippen LogP contribution in [0.1, 0.15) is 83.8 Å². The molecule has 0 radical (unpaired) electrons. The van der Waals surface area contributed by atoms with Gasteiger partial charge in [-0.3, -0.25) is 0 Å². The van der Waals surface area contributed by atoms with Gasteiger partial charge in [0.25, 0.3) is 0 Å². The van der Waals surface area contributed by atoms with Crippen LogP contribution in [0.3, 0.4) is 0 Å². The molecule has 0 amide bonds. The van der Waals surface area contributed by atoms with Crippen LogP contribution in [0.15, 0.2) is 157 Å². The van der Waals surface area contributed by atoms with Gasteiger partial charge in [-0.1, -0.05) is 99.6 Å². The standard InChI is InChI=1S/C28H27N5O2S.C25H29N5O2S/c1-21(23-8-4-2-5-9-23)28-19-32(18-25-16-30-20-31-25)27-13-12-22(15-29)14-24(27)17-33(28)36(34,35)26-10-6-3-7-11-26;1-3-11-33(31,32)30-15-22-12-20(13-26)9-10-24(22)29(16-23-14-27-18-28-23)17-25(30)19(2)21-7-5-4-6-8-21/h2-14,16,20-21,28H,17-19H2,1H3,(H,30,31);4-10,12,14,18-19,25H,3,11,15-17H2,1-2H3,(H,27,28)/t21-,28-;19-,25-/m11/s1. The largest absolute Gasteiger partial charge is 0.364 e. The first-order valence-electron chi connectivity index (χ1n) is 23.1. The van der Waals surface area contributed by atoms with E-state index in [0.29, 0.717) is 43.7 Å². The smallest absolute Gasteiger partial charge is 0.243 e. The predicted molar refractivity (Wildman–Crippen MR) is 268 cm³/mol. The molecule has 16 heteroatoms. The molecule has 69 heavy (non-hydrogen) atoms. The minimum absolute atomic E-state index is 0.0238. The van der Waals surface area contributed by atoms with Gasteiger partial charge in [-0.25, -0.2) is 26.8 Å². The fourth-order valence-electron chi connectivity index (χ4n) is 9.47. The van der Waals surface area contributed by atoms with Crippen LogP contribution in [0.5, 0.6) is 0 Å². The molecule has 9 rings (SSSR count). The second-order valence-corrected chi connectivity index (χ2v) is 21.5. The molecule has 7 aromatic rings. The summed E-state index contributed by atoms with van der Waals surface area (Å²) >= 11 is 0. The van der Waals surface area contributed by atoms with E-state index in [1.807, 2.05) is 92.1 Å². The maximum atomic E-state index is 14.1. The van der Waals surface area contributed by atoms with Crippen molar-refractivity contribution in [3.05, 3.63) is 197 Å². The van der Waals surface area contributed by atoms with E-state index in [2.05, 4.69) is 67.9 Å². The third-order valence-corrected chi connectivity index (χ3v) is 17.0. The summed E-state index contributed by atoms with van der Waals surface area (Å²) in [5, 5.41) is 19.0. The Morgan fingerprint density at radius 3 is 1.48 bits per heavy atom. The summed E-state index contributed by atoms with van der Waals surface area (Å²) in [6.07, 6.45) is 7.54. The molecule has 0 bridgehead atoms. The van der Waals surface area contributed by atoms with E-state index < -0.39 is 20.0 Å². The fourth-order valence-corrected chi connectivity index (χ4v) is 12.9. The van der Waals surface area contributed by atoms with Gasteiger partial charge in [0.2, 0.25) is 20.0 Å². The molecular weight excluding hydrogens is 905 g/mol. The van der Waals surface area contributed by atoms with Crippen molar-refractivity contribution < 1.29 is 16.8 Å². The molecule has 0 fully saturated rings. The van der Waals surface area contributed by atoms with Crippen LogP contribution in [0.2, 0.25) is 0 Å². The van der Waals surface area contributed by atoms with E-state index in [0.717, 1.165) is 45.0 Å². The molecule has 2 aromatic heterocycles. The quantitative estimate of drug-likeness (QED) is 0.113. The van der Waals surface area contributed by atoms with Gasteiger partial charge >= 0.3 is 0 Å². The molecule has 4 atom stereocenters. The Balaban J connectivity index is 0.000000187. The molecule has 0 saturated carbocycles. The highest BCUT2D eigenvalue weighted by molar-refractivity contribution is 7.89. The Kier molecular flexibility index (Phi) is 15.1. The number of anilines is 2. The van der Waals surface area contributed by atoms with E-state index in [9.17, 15) is 27.4 Å². The normalized spacial score (nSPS) is 17.4. The molecule has 4 heterocycles. The molecule has 0 unspecified atom stereocenters. The Bertz CT molecular complexity index is 3110. The van der Waals surface area contributed by atoms with Gasteiger partial charge in [-0.05, 0) is 89.0 Å². The summed E-state index contributed by atoms with van der Waals surface area (Å²) in [6, 6.07) is 43.4. The minimum atomic E-state index is -3.83. The molecule has 2 aliphatic heterocycles. The third kappa shape index (κ3) is 11.0. The highest BCUT2D eigenvalue weighted by Gasteiger charge is 2.41. The lowest BCUT2D eigenvalue weighted by atomic mass is 9.93.